The summed E-state index contributed by atoms with van der Waals surface area (Å²) >= 11 is 3.23. The predicted molar refractivity (Wildman–Crippen MR) is 69.5 cm³/mol. The summed E-state index contributed by atoms with van der Waals surface area (Å²) in [4.78, 5) is 0. The molecule has 1 aromatic rings. The third-order valence-corrected chi connectivity index (χ3v) is 3.69. The zero-order valence-electron chi connectivity index (χ0n) is 9.88. The lowest BCUT2D eigenvalue weighted by Crippen LogP contribution is -2.32. The maximum absolute atomic E-state index is 14.1. The molecule has 1 aliphatic rings. The summed E-state index contributed by atoms with van der Waals surface area (Å²) < 4.78 is 20.3. The highest BCUT2D eigenvalue weighted by molar-refractivity contribution is 9.10. The minimum absolute atomic E-state index is 0.0556. The number of rotatable bonds is 4. The van der Waals surface area contributed by atoms with Crippen LogP contribution in [0.4, 0.5) is 4.39 Å². The van der Waals surface area contributed by atoms with Gasteiger partial charge in [-0.2, -0.15) is 0 Å². The van der Waals surface area contributed by atoms with Crippen LogP contribution in [0.3, 0.4) is 0 Å². The van der Waals surface area contributed by atoms with Gasteiger partial charge in [0.25, 0.3) is 0 Å². The first kappa shape index (κ1) is 13.0. The molecule has 94 valence electrons. The Bertz CT molecular complexity index is 380. The van der Waals surface area contributed by atoms with E-state index in [0.717, 1.165) is 26.0 Å². The van der Waals surface area contributed by atoms with Gasteiger partial charge >= 0.3 is 0 Å². The normalized spacial score (nSPS) is 21.7. The van der Waals surface area contributed by atoms with Crippen molar-refractivity contribution in [1.29, 1.82) is 0 Å². The summed E-state index contributed by atoms with van der Waals surface area (Å²) in [5, 5.41) is 3.32. The van der Waals surface area contributed by atoms with Gasteiger partial charge in [0.1, 0.15) is 5.82 Å². The zero-order valence-corrected chi connectivity index (χ0v) is 11.5. The molecule has 2 atom stereocenters. The SMILES string of the molecule is CCNC(c1cccc(Br)c1F)C1CCCO1. The molecule has 4 heteroatoms. The second-order valence-corrected chi connectivity index (χ2v) is 5.08. The number of halogens is 2. The lowest BCUT2D eigenvalue weighted by Gasteiger charge is -2.24. The maximum Gasteiger partial charge on any atom is 0.142 e. The molecule has 0 aromatic heterocycles. The average molecular weight is 302 g/mol. The van der Waals surface area contributed by atoms with Gasteiger partial charge in [-0.1, -0.05) is 19.1 Å². The number of ether oxygens (including phenoxy) is 1. The highest BCUT2D eigenvalue weighted by atomic mass is 79.9. The summed E-state index contributed by atoms with van der Waals surface area (Å²) in [6, 6.07) is 5.36. The van der Waals surface area contributed by atoms with Gasteiger partial charge < -0.3 is 10.1 Å². The van der Waals surface area contributed by atoms with Crippen molar-refractivity contribution in [2.45, 2.75) is 31.9 Å². The van der Waals surface area contributed by atoms with E-state index in [0.29, 0.717) is 10.0 Å². The largest absolute Gasteiger partial charge is 0.376 e. The molecule has 0 aliphatic carbocycles. The smallest absolute Gasteiger partial charge is 0.142 e. The van der Waals surface area contributed by atoms with Crippen LogP contribution in [0.15, 0.2) is 22.7 Å². The lowest BCUT2D eigenvalue weighted by molar-refractivity contribution is 0.0776. The molecule has 1 heterocycles. The molecule has 1 saturated heterocycles. The van der Waals surface area contributed by atoms with E-state index in [1.165, 1.54) is 0 Å². The molecule has 2 rings (SSSR count). The lowest BCUT2D eigenvalue weighted by atomic mass is 9.99. The van der Waals surface area contributed by atoms with Gasteiger partial charge in [0.2, 0.25) is 0 Å². The molecule has 1 aromatic carbocycles. The van der Waals surface area contributed by atoms with Crippen LogP contribution < -0.4 is 5.32 Å². The van der Waals surface area contributed by atoms with Gasteiger partial charge in [-0.25, -0.2) is 4.39 Å². The van der Waals surface area contributed by atoms with Gasteiger partial charge in [0.05, 0.1) is 16.6 Å². The molecule has 1 aliphatic heterocycles. The van der Waals surface area contributed by atoms with Crippen LogP contribution in [-0.4, -0.2) is 19.3 Å². The van der Waals surface area contributed by atoms with Gasteiger partial charge in [-0.3, -0.25) is 0 Å². The Balaban J connectivity index is 2.27. The first-order valence-electron chi connectivity index (χ1n) is 6.03. The molecule has 0 spiro atoms. The fourth-order valence-corrected chi connectivity index (χ4v) is 2.67. The van der Waals surface area contributed by atoms with Crippen LogP contribution in [-0.2, 0) is 4.74 Å². The van der Waals surface area contributed by atoms with Crippen molar-refractivity contribution >= 4 is 15.9 Å². The van der Waals surface area contributed by atoms with Gasteiger partial charge in [-0.05, 0) is 41.4 Å². The average Bonchev–Trinajstić information content (AvgIpc) is 2.84. The maximum atomic E-state index is 14.1. The van der Waals surface area contributed by atoms with Crippen LogP contribution >= 0.6 is 15.9 Å². The minimum Gasteiger partial charge on any atom is -0.376 e. The molecular weight excluding hydrogens is 285 g/mol. The van der Waals surface area contributed by atoms with E-state index in [4.69, 9.17) is 4.74 Å². The third-order valence-electron chi connectivity index (χ3n) is 3.08. The van der Waals surface area contributed by atoms with Gasteiger partial charge in [-0.15, -0.1) is 0 Å². The Morgan fingerprint density at radius 2 is 2.41 bits per heavy atom. The Labute approximate surface area is 110 Å². The van der Waals surface area contributed by atoms with Crippen LogP contribution in [0.2, 0.25) is 0 Å². The summed E-state index contributed by atoms with van der Waals surface area (Å²) in [6.07, 6.45) is 2.13. The Morgan fingerprint density at radius 3 is 3.06 bits per heavy atom. The van der Waals surface area contributed by atoms with Crippen LogP contribution in [0, 0.1) is 5.82 Å². The fourth-order valence-electron chi connectivity index (χ4n) is 2.29. The van der Waals surface area contributed by atoms with E-state index < -0.39 is 0 Å². The van der Waals surface area contributed by atoms with Crippen molar-refractivity contribution in [3.8, 4) is 0 Å². The van der Waals surface area contributed by atoms with Crippen molar-refractivity contribution in [2.24, 2.45) is 0 Å². The van der Waals surface area contributed by atoms with E-state index in [-0.39, 0.29) is 18.0 Å². The molecule has 2 nitrogen and oxygen atoms in total. The standard InChI is InChI=1S/C13H17BrFNO/c1-2-16-13(11-7-4-8-17-11)9-5-3-6-10(14)12(9)15/h3,5-6,11,13,16H,2,4,7-8H2,1H3. The van der Waals surface area contributed by atoms with Crippen LogP contribution in [0.25, 0.3) is 0 Å². The summed E-state index contributed by atoms with van der Waals surface area (Å²) in [5.41, 5.74) is 0.688. The van der Waals surface area contributed by atoms with E-state index in [1.807, 2.05) is 19.1 Å². The number of hydrogen-bond donors (Lipinski definition) is 1. The fraction of sp³-hybridized carbons (Fsp3) is 0.538. The molecule has 17 heavy (non-hydrogen) atoms. The van der Waals surface area contributed by atoms with Gasteiger partial charge in [0, 0.05) is 12.2 Å². The molecule has 2 unspecified atom stereocenters. The monoisotopic (exact) mass is 301 g/mol. The predicted octanol–water partition coefficient (Wildman–Crippen LogP) is 3.42. The molecule has 0 bridgehead atoms. The first-order valence-corrected chi connectivity index (χ1v) is 6.82. The number of hydrogen-bond acceptors (Lipinski definition) is 2. The van der Waals surface area contributed by atoms with Crippen molar-refractivity contribution in [1.82, 2.24) is 5.32 Å². The van der Waals surface area contributed by atoms with E-state index >= 15 is 0 Å². The van der Waals surface area contributed by atoms with E-state index in [1.54, 1.807) is 6.07 Å². The molecule has 0 amide bonds. The topological polar surface area (TPSA) is 21.3 Å². The van der Waals surface area contributed by atoms with Crippen molar-refractivity contribution < 1.29 is 9.13 Å². The Hall–Kier alpha value is -0.450. The highest BCUT2D eigenvalue weighted by Gasteiger charge is 2.28. The highest BCUT2D eigenvalue weighted by Crippen LogP contribution is 2.30. The molecule has 0 radical (unpaired) electrons. The molecular formula is C13H17BrFNO. The molecule has 0 saturated carbocycles. The van der Waals surface area contributed by atoms with Crippen molar-refractivity contribution in [3.05, 3.63) is 34.1 Å². The number of nitrogens with one attached hydrogen (secondary N) is 1. The Morgan fingerprint density at radius 1 is 1.59 bits per heavy atom. The quantitative estimate of drug-likeness (QED) is 0.920. The third kappa shape index (κ3) is 2.87. The van der Waals surface area contributed by atoms with Crippen LogP contribution in [0.1, 0.15) is 31.4 Å². The summed E-state index contributed by atoms with van der Waals surface area (Å²) in [5.74, 6) is -0.186. The second kappa shape index (κ2) is 5.94. The summed E-state index contributed by atoms with van der Waals surface area (Å²) in [7, 11) is 0. The van der Waals surface area contributed by atoms with Crippen LogP contribution in [0.5, 0.6) is 0 Å². The molecule has 1 N–H and O–H groups in total. The first-order chi connectivity index (χ1) is 8.24. The van der Waals surface area contributed by atoms with Crippen molar-refractivity contribution in [2.75, 3.05) is 13.2 Å². The molecule has 1 fully saturated rings. The zero-order chi connectivity index (χ0) is 12.3. The summed E-state index contributed by atoms with van der Waals surface area (Å²) in [6.45, 7) is 3.61. The van der Waals surface area contributed by atoms with E-state index in [9.17, 15) is 4.39 Å². The van der Waals surface area contributed by atoms with Gasteiger partial charge in [0.15, 0.2) is 0 Å². The number of benzene rings is 1. The second-order valence-electron chi connectivity index (χ2n) is 4.23. The van der Waals surface area contributed by atoms with Crippen molar-refractivity contribution in [3.63, 3.8) is 0 Å². The van der Waals surface area contributed by atoms with E-state index in [2.05, 4.69) is 21.2 Å². The number of likely N-dealkylation sites (N-methyl/N-ethyl adjacent to an activating group) is 1. The Kier molecular flexibility index (Phi) is 4.54. The minimum atomic E-state index is -0.186.